The van der Waals surface area contributed by atoms with Crippen LogP contribution < -0.4 is 13.6 Å². The Kier molecular flexibility index (Phi) is 8.38. The van der Waals surface area contributed by atoms with Gasteiger partial charge >= 0.3 is 7.82 Å². The molecule has 0 aromatic heterocycles. The fourth-order valence-electron chi connectivity index (χ4n) is 2.74. The molecule has 0 fully saturated rings. The number of aromatic hydroxyl groups is 3. The Morgan fingerprint density at radius 3 is 1.31 bits per heavy atom. The highest BCUT2D eigenvalue weighted by Crippen LogP contribution is 2.49. The first-order chi connectivity index (χ1) is 16.8. The van der Waals surface area contributed by atoms with Crippen molar-refractivity contribution < 1.29 is 38.3 Å². The number of rotatable bonds is 7. The minimum atomic E-state index is -3.89. The summed E-state index contributed by atoms with van der Waals surface area (Å²) in [6, 6.07) is 28.7. The van der Waals surface area contributed by atoms with Crippen LogP contribution in [0, 0.1) is 0 Å². The number of hydrogen-bond acceptors (Lipinski definition) is 8. The Labute approximate surface area is 202 Å². The minimum Gasteiger partial charge on any atom is -0.504 e. The maximum absolute atomic E-state index is 13.1. The second-order valence-electron chi connectivity index (χ2n) is 7.05. The molecule has 8 nitrogen and oxygen atoms in total. The third-order valence-corrected chi connectivity index (χ3v) is 5.69. The number of phenols is 3. The maximum Gasteiger partial charge on any atom is 0.647 e. The van der Waals surface area contributed by atoms with Gasteiger partial charge in [-0.1, -0.05) is 54.6 Å². The first kappa shape index (κ1) is 25.2. The van der Waals surface area contributed by atoms with Crippen LogP contribution in [0.3, 0.4) is 0 Å². The summed E-state index contributed by atoms with van der Waals surface area (Å²) in [6.45, 7) is 1.26. The van der Waals surface area contributed by atoms with E-state index in [4.69, 9.17) is 28.9 Å². The molecule has 4 aromatic rings. The third kappa shape index (κ3) is 7.28. The van der Waals surface area contributed by atoms with Gasteiger partial charge in [0.2, 0.25) is 5.75 Å². The molecule has 0 heterocycles. The summed E-state index contributed by atoms with van der Waals surface area (Å²) in [5, 5.41) is 27.0. The average molecular weight is 494 g/mol. The molecule has 0 aliphatic heterocycles. The average Bonchev–Trinajstić information content (AvgIpc) is 2.84. The van der Waals surface area contributed by atoms with Gasteiger partial charge in [-0.05, 0) is 55.5 Å². The van der Waals surface area contributed by atoms with Crippen molar-refractivity contribution in [2.24, 2.45) is 0 Å². The summed E-state index contributed by atoms with van der Waals surface area (Å²) < 4.78 is 29.6. The van der Waals surface area contributed by atoms with Gasteiger partial charge < -0.3 is 28.9 Å². The molecule has 0 radical (unpaired) electrons. The SMILES string of the molecule is CC(=O)c1ccc(O)c(O)c1O.O=P(Oc1ccccc1)(Oc1ccccc1)Oc1ccccc1. The van der Waals surface area contributed by atoms with Crippen molar-refractivity contribution in [2.45, 2.75) is 6.92 Å². The predicted octanol–water partition coefficient (Wildman–Crippen LogP) is 6.34. The highest BCUT2D eigenvalue weighted by atomic mass is 31.2. The van der Waals surface area contributed by atoms with Gasteiger partial charge in [0.15, 0.2) is 17.3 Å². The quantitative estimate of drug-likeness (QED) is 0.155. The van der Waals surface area contributed by atoms with Crippen molar-refractivity contribution in [3.8, 4) is 34.5 Å². The maximum atomic E-state index is 13.1. The van der Waals surface area contributed by atoms with Gasteiger partial charge in [-0.3, -0.25) is 4.79 Å². The fraction of sp³-hybridized carbons (Fsp3) is 0.0385. The smallest absolute Gasteiger partial charge is 0.504 e. The van der Waals surface area contributed by atoms with Crippen LogP contribution in [0.25, 0.3) is 0 Å². The van der Waals surface area contributed by atoms with E-state index in [0.29, 0.717) is 17.2 Å². The van der Waals surface area contributed by atoms with Gasteiger partial charge in [0.1, 0.15) is 17.2 Å². The molecule has 0 aliphatic rings. The second kappa shape index (κ2) is 11.6. The lowest BCUT2D eigenvalue weighted by molar-refractivity contribution is 0.101. The zero-order valence-electron chi connectivity index (χ0n) is 18.6. The van der Waals surface area contributed by atoms with Gasteiger partial charge in [0.25, 0.3) is 0 Å². The highest BCUT2D eigenvalue weighted by molar-refractivity contribution is 7.49. The minimum absolute atomic E-state index is 0.00898. The van der Waals surface area contributed by atoms with Crippen LogP contribution in [0.4, 0.5) is 0 Å². The molecule has 4 rings (SSSR count). The Morgan fingerprint density at radius 2 is 0.971 bits per heavy atom. The van der Waals surface area contributed by atoms with Gasteiger partial charge in [0.05, 0.1) is 5.56 Å². The monoisotopic (exact) mass is 494 g/mol. The zero-order chi connectivity index (χ0) is 25.3. The van der Waals surface area contributed by atoms with E-state index in [1.54, 1.807) is 72.8 Å². The van der Waals surface area contributed by atoms with Crippen molar-refractivity contribution in [2.75, 3.05) is 0 Å². The molecule has 0 saturated heterocycles. The molecule has 180 valence electrons. The van der Waals surface area contributed by atoms with Crippen LogP contribution in [0.1, 0.15) is 17.3 Å². The molecule has 4 aromatic carbocycles. The molecular weight excluding hydrogens is 471 g/mol. The summed E-state index contributed by atoms with van der Waals surface area (Å²) in [4.78, 5) is 10.8. The molecule has 0 amide bonds. The number of phenolic OH excluding ortho intramolecular Hbond substituents is 3. The molecule has 35 heavy (non-hydrogen) atoms. The van der Waals surface area contributed by atoms with E-state index in [1.807, 2.05) is 18.2 Å². The Bertz CT molecular complexity index is 1190. The standard InChI is InChI=1S/C18H15O4P.C8H8O4/c19-23(20-16-10-4-1-5-11-16,21-17-12-6-2-7-13-17)22-18-14-8-3-9-15-18;1-4(9)5-2-3-6(10)8(12)7(5)11/h1-15H;2-3,10-12H,1H3. The molecule has 0 atom stereocenters. The van der Waals surface area contributed by atoms with Crippen molar-refractivity contribution in [1.29, 1.82) is 0 Å². The number of benzene rings is 4. The van der Waals surface area contributed by atoms with Gasteiger partial charge in [0, 0.05) is 0 Å². The van der Waals surface area contributed by atoms with Crippen LogP contribution in [-0.2, 0) is 4.57 Å². The van der Waals surface area contributed by atoms with E-state index in [-0.39, 0.29) is 11.3 Å². The van der Waals surface area contributed by atoms with E-state index >= 15 is 0 Å². The molecule has 0 saturated carbocycles. The molecule has 3 N–H and O–H groups in total. The van der Waals surface area contributed by atoms with Gasteiger partial charge in [-0.2, -0.15) is 4.57 Å². The summed E-state index contributed by atoms with van der Waals surface area (Å²) >= 11 is 0. The zero-order valence-corrected chi connectivity index (χ0v) is 19.5. The largest absolute Gasteiger partial charge is 0.647 e. The predicted molar refractivity (Wildman–Crippen MR) is 130 cm³/mol. The fourth-order valence-corrected chi connectivity index (χ4v) is 3.99. The number of carbonyl (C=O) groups excluding carboxylic acids is 1. The number of phosphoric ester groups is 1. The van der Waals surface area contributed by atoms with Gasteiger partial charge in [-0.25, -0.2) is 0 Å². The lowest BCUT2D eigenvalue weighted by Gasteiger charge is -2.19. The lowest BCUT2D eigenvalue weighted by Crippen LogP contribution is -2.07. The topological polar surface area (TPSA) is 123 Å². The van der Waals surface area contributed by atoms with E-state index in [2.05, 4.69) is 0 Å². The molecule has 0 unspecified atom stereocenters. The number of carbonyl (C=O) groups is 1. The van der Waals surface area contributed by atoms with E-state index in [9.17, 15) is 9.36 Å². The molecule has 9 heteroatoms. The van der Waals surface area contributed by atoms with Crippen LogP contribution in [0.15, 0.2) is 103 Å². The summed E-state index contributed by atoms with van der Waals surface area (Å²) in [5.74, 6) is -0.849. The van der Waals surface area contributed by atoms with Crippen LogP contribution >= 0.6 is 7.82 Å². The third-order valence-electron chi connectivity index (χ3n) is 4.39. The number of ketones is 1. The Hall–Kier alpha value is -4.42. The van der Waals surface area contributed by atoms with Gasteiger partial charge in [-0.15, -0.1) is 0 Å². The summed E-state index contributed by atoms with van der Waals surface area (Å²) in [6.07, 6.45) is 0. The van der Waals surface area contributed by atoms with Crippen molar-refractivity contribution in [3.63, 3.8) is 0 Å². The van der Waals surface area contributed by atoms with Crippen molar-refractivity contribution in [3.05, 3.63) is 109 Å². The number of Topliss-reactive ketones (excluding diaryl/α,β-unsaturated/α-hetero) is 1. The molecular formula is C26H23O8P. The van der Waals surface area contributed by atoms with E-state index in [0.717, 1.165) is 6.07 Å². The van der Waals surface area contributed by atoms with Crippen LogP contribution in [-0.4, -0.2) is 21.1 Å². The Morgan fingerprint density at radius 1 is 0.600 bits per heavy atom. The summed E-state index contributed by atoms with van der Waals surface area (Å²) in [5.41, 5.74) is -0.00898. The highest BCUT2D eigenvalue weighted by Gasteiger charge is 2.33. The Balaban J connectivity index is 0.000000241. The first-order valence-corrected chi connectivity index (χ1v) is 11.8. The molecule has 0 bridgehead atoms. The molecule has 0 aliphatic carbocycles. The summed E-state index contributed by atoms with van der Waals surface area (Å²) in [7, 11) is -3.89. The van der Waals surface area contributed by atoms with Crippen molar-refractivity contribution >= 4 is 13.6 Å². The van der Waals surface area contributed by atoms with E-state index < -0.39 is 25.1 Å². The normalized spacial score (nSPS) is 10.4. The molecule has 0 spiro atoms. The second-order valence-corrected chi connectivity index (χ2v) is 8.49. The first-order valence-electron chi connectivity index (χ1n) is 10.4. The van der Waals surface area contributed by atoms with Crippen molar-refractivity contribution in [1.82, 2.24) is 0 Å². The van der Waals surface area contributed by atoms with Crippen LogP contribution in [0.2, 0.25) is 0 Å². The lowest BCUT2D eigenvalue weighted by atomic mass is 10.1. The number of hydrogen-bond donors (Lipinski definition) is 3. The van der Waals surface area contributed by atoms with E-state index in [1.165, 1.54) is 13.0 Å². The number of para-hydroxylation sites is 3. The van der Waals surface area contributed by atoms with Crippen LogP contribution in [0.5, 0.6) is 34.5 Å². The number of phosphoric acid groups is 1.